The highest BCUT2D eigenvalue weighted by Gasteiger charge is 2.32. The summed E-state index contributed by atoms with van der Waals surface area (Å²) >= 11 is 0. The molecular formula is C10H16O3. The molecular weight excluding hydrogens is 168 g/mol. The number of hydrogen-bond donors (Lipinski definition) is 1. The van der Waals surface area contributed by atoms with Gasteiger partial charge in [-0.15, -0.1) is 6.42 Å². The summed E-state index contributed by atoms with van der Waals surface area (Å²) in [6.45, 7) is 4.35. The van der Waals surface area contributed by atoms with E-state index in [-0.39, 0.29) is 6.10 Å². The van der Waals surface area contributed by atoms with E-state index in [1.807, 2.05) is 13.8 Å². The zero-order valence-electron chi connectivity index (χ0n) is 8.12. The van der Waals surface area contributed by atoms with Gasteiger partial charge in [0.15, 0.2) is 5.79 Å². The fourth-order valence-electron chi connectivity index (χ4n) is 1.33. The molecule has 0 aromatic carbocycles. The number of aliphatic hydroxyl groups excluding tert-OH is 1. The molecule has 1 heterocycles. The third-order valence-electron chi connectivity index (χ3n) is 2.02. The molecule has 1 fully saturated rings. The predicted octanol–water partition coefficient (Wildman–Crippen LogP) is 0.912. The largest absolute Gasteiger partial charge is 0.380 e. The van der Waals surface area contributed by atoms with Crippen molar-refractivity contribution in [3.63, 3.8) is 0 Å². The van der Waals surface area contributed by atoms with E-state index in [1.165, 1.54) is 0 Å². The molecule has 0 bridgehead atoms. The van der Waals surface area contributed by atoms with Gasteiger partial charge in [0.1, 0.15) is 6.10 Å². The van der Waals surface area contributed by atoms with Crippen molar-refractivity contribution >= 4 is 0 Å². The van der Waals surface area contributed by atoms with Crippen molar-refractivity contribution < 1.29 is 14.6 Å². The number of rotatable bonds is 3. The quantitative estimate of drug-likeness (QED) is 0.663. The van der Waals surface area contributed by atoms with Gasteiger partial charge in [-0.25, -0.2) is 0 Å². The molecule has 0 saturated carbocycles. The Bertz CT molecular complexity index is 205. The Morgan fingerprint density at radius 2 is 2.38 bits per heavy atom. The Hall–Kier alpha value is -0.560. The molecule has 13 heavy (non-hydrogen) atoms. The molecule has 0 aromatic heterocycles. The number of aliphatic hydroxyl groups is 1. The van der Waals surface area contributed by atoms with Gasteiger partial charge in [0.05, 0.1) is 12.7 Å². The van der Waals surface area contributed by atoms with Gasteiger partial charge < -0.3 is 14.6 Å². The lowest BCUT2D eigenvalue weighted by molar-refractivity contribution is -0.139. The Balaban J connectivity index is 2.22. The lowest BCUT2D eigenvalue weighted by Crippen LogP contribution is -2.22. The van der Waals surface area contributed by atoms with Gasteiger partial charge in [0.25, 0.3) is 0 Å². The van der Waals surface area contributed by atoms with Crippen molar-refractivity contribution in [2.45, 2.75) is 44.7 Å². The van der Waals surface area contributed by atoms with Crippen molar-refractivity contribution in [1.82, 2.24) is 0 Å². The van der Waals surface area contributed by atoms with Gasteiger partial charge in [-0.05, 0) is 26.7 Å². The minimum atomic E-state index is -0.660. The first-order valence-corrected chi connectivity index (χ1v) is 4.49. The molecule has 1 rings (SSSR count). The fraction of sp³-hybridized carbons (Fsp3) is 0.800. The topological polar surface area (TPSA) is 38.7 Å². The third-order valence-corrected chi connectivity index (χ3v) is 2.02. The summed E-state index contributed by atoms with van der Waals surface area (Å²) in [5, 5.41) is 9.12. The van der Waals surface area contributed by atoms with Crippen LogP contribution in [0.4, 0.5) is 0 Å². The zero-order chi connectivity index (χ0) is 9.90. The zero-order valence-corrected chi connectivity index (χ0v) is 8.12. The Morgan fingerprint density at radius 3 is 2.85 bits per heavy atom. The summed E-state index contributed by atoms with van der Waals surface area (Å²) in [4.78, 5) is 0. The maximum Gasteiger partial charge on any atom is 0.163 e. The van der Waals surface area contributed by atoms with Crippen LogP contribution in [0.5, 0.6) is 0 Å². The van der Waals surface area contributed by atoms with E-state index in [0.29, 0.717) is 13.0 Å². The molecule has 1 aliphatic heterocycles. The van der Waals surface area contributed by atoms with Crippen molar-refractivity contribution in [2.75, 3.05) is 6.61 Å². The third kappa shape index (κ3) is 3.35. The van der Waals surface area contributed by atoms with Gasteiger partial charge in [0.2, 0.25) is 0 Å². The summed E-state index contributed by atoms with van der Waals surface area (Å²) in [5.74, 6) is 1.79. The molecule has 0 radical (unpaired) electrons. The molecule has 1 aliphatic rings. The number of terminal acetylenes is 1. The molecule has 1 saturated heterocycles. The SMILES string of the molecule is C#C[C@H](O)CC[C@H]1COC(C)(C)O1. The molecule has 2 atom stereocenters. The highest BCUT2D eigenvalue weighted by Crippen LogP contribution is 2.24. The van der Waals surface area contributed by atoms with Crippen molar-refractivity contribution in [1.29, 1.82) is 0 Å². The molecule has 0 aliphatic carbocycles. The van der Waals surface area contributed by atoms with Crippen LogP contribution in [0.15, 0.2) is 0 Å². The van der Waals surface area contributed by atoms with Gasteiger partial charge in [0, 0.05) is 0 Å². The van der Waals surface area contributed by atoms with E-state index >= 15 is 0 Å². The van der Waals surface area contributed by atoms with Crippen LogP contribution in [0.3, 0.4) is 0 Å². The first-order valence-electron chi connectivity index (χ1n) is 4.49. The monoisotopic (exact) mass is 184 g/mol. The lowest BCUT2D eigenvalue weighted by Gasteiger charge is -2.17. The normalized spacial score (nSPS) is 28.3. The van der Waals surface area contributed by atoms with Gasteiger partial charge in [-0.3, -0.25) is 0 Å². The summed E-state index contributed by atoms with van der Waals surface area (Å²) in [6.07, 6.45) is 5.76. The van der Waals surface area contributed by atoms with E-state index in [9.17, 15) is 0 Å². The molecule has 0 spiro atoms. The minimum absolute atomic E-state index is 0.0676. The maximum atomic E-state index is 9.12. The molecule has 1 N–H and O–H groups in total. The maximum absolute atomic E-state index is 9.12. The molecule has 3 heteroatoms. The van der Waals surface area contributed by atoms with Crippen LogP contribution in [0, 0.1) is 12.3 Å². The lowest BCUT2D eigenvalue weighted by atomic mass is 10.1. The standard InChI is InChI=1S/C10H16O3/c1-4-8(11)5-6-9-7-12-10(2,3)13-9/h1,8-9,11H,5-7H2,2-3H3/t8-,9-/m0/s1. The van der Waals surface area contributed by atoms with Crippen LogP contribution < -0.4 is 0 Å². The summed E-state index contributed by atoms with van der Waals surface area (Å²) < 4.78 is 10.9. The van der Waals surface area contributed by atoms with Gasteiger partial charge in [-0.2, -0.15) is 0 Å². The second kappa shape index (κ2) is 4.10. The first kappa shape index (κ1) is 10.5. The van der Waals surface area contributed by atoms with Crippen LogP contribution in [-0.4, -0.2) is 29.7 Å². The smallest absolute Gasteiger partial charge is 0.163 e. The second-order valence-electron chi connectivity index (χ2n) is 3.71. The highest BCUT2D eigenvalue weighted by atomic mass is 16.7. The molecule has 3 nitrogen and oxygen atoms in total. The Kier molecular flexibility index (Phi) is 3.32. The van der Waals surface area contributed by atoms with Crippen molar-refractivity contribution in [2.24, 2.45) is 0 Å². The highest BCUT2D eigenvalue weighted by molar-refractivity contribution is 4.93. The fourth-order valence-corrected chi connectivity index (χ4v) is 1.33. The van der Waals surface area contributed by atoms with Crippen LogP contribution >= 0.6 is 0 Å². The van der Waals surface area contributed by atoms with Crippen molar-refractivity contribution in [3.8, 4) is 12.3 Å². The second-order valence-corrected chi connectivity index (χ2v) is 3.71. The first-order chi connectivity index (χ1) is 6.03. The molecule has 74 valence electrons. The van der Waals surface area contributed by atoms with Crippen LogP contribution in [0.1, 0.15) is 26.7 Å². The molecule has 0 unspecified atom stereocenters. The average Bonchev–Trinajstić information content (AvgIpc) is 2.41. The predicted molar refractivity (Wildman–Crippen MR) is 49.0 cm³/mol. The van der Waals surface area contributed by atoms with Crippen molar-refractivity contribution in [3.05, 3.63) is 0 Å². The van der Waals surface area contributed by atoms with E-state index in [2.05, 4.69) is 5.92 Å². The summed E-state index contributed by atoms with van der Waals surface area (Å²) in [5.41, 5.74) is 0. The van der Waals surface area contributed by atoms with Crippen LogP contribution in [-0.2, 0) is 9.47 Å². The Labute approximate surface area is 79.0 Å². The summed E-state index contributed by atoms with van der Waals surface area (Å²) in [6, 6.07) is 0. The molecule has 0 amide bonds. The van der Waals surface area contributed by atoms with E-state index < -0.39 is 11.9 Å². The van der Waals surface area contributed by atoms with E-state index in [0.717, 1.165) is 6.42 Å². The van der Waals surface area contributed by atoms with Crippen LogP contribution in [0.2, 0.25) is 0 Å². The van der Waals surface area contributed by atoms with Gasteiger partial charge in [-0.1, -0.05) is 5.92 Å². The van der Waals surface area contributed by atoms with E-state index in [4.69, 9.17) is 21.0 Å². The Morgan fingerprint density at radius 1 is 1.69 bits per heavy atom. The molecule has 0 aromatic rings. The minimum Gasteiger partial charge on any atom is -0.380 e. The van der Waals surface area contributed by atoms with E-state index in [1.54, 1.807) is 0 Å². The number of ether oxygens (including phenoxy) is 2. The van der Waals surface area contributed by atoms with Crippen LogP contribution in [0.25, 0.3) is 0 Å². The number of hydrogen-bond acceptors (Lipinski definition) is 3. The van der Waals surface area contributed by atoms with Gasteiger partial charge >= 0.3 is 0 Å². The average molecular weight is 184 g/mol. The summed E-state index contributed by atoms with van der Waals surface area (Å²) in [7, 11) is 0.